The van der Waals surface area contributed by atoms with E-state index in [1.54, 1.807) is 14.2 Å². The third-order valence-corrected chi connectivity index (χ3v) is 7.41. The van der Waals surface area contributed by atoms with E-state index in [4.69, 9.17) is 18.7 Å². The van der Waals surface area contributed by atoms with E-state index < -0.39 is 0 Å². The first kappa shape index (κ1) is 27.1. The van der Waals surface area contributed by atoms with Crippen molar-refractivity contribution in [1.29, 1.82) is 0 Å². The predicted octanol–water partition coefficient (Wildman–Crippen LogP) is 3.11. The smallest absolute Gasteiger partial charge is 0.241 e. The fourth-order valence-corrected chi connectivity index (χ4v) is 5.23. The number of methoxy groups -OCH3 is 2. The third-order valence-electron chi connectivity index (χ3n) is 7.41. The number of piperidine rings is 1. The Kier molecular flexibility index (Phi) is 9.08. The maximum absolute atomic E-state index is 13.1. The molecule has 39 heavy (non-hydrogen) atoms. The topological polar surface area (TPSA) is 102 Å². The first-order valence-corrected chi connectivity index (χ1v) is 13.5. The number of hydrogen-bond acceptors (Lipinski definition) is 9. The normalized spacial score (nSPS) is 18.6. The Hall–Kier alpha value is -3.47. The molecule has 2 saturated heterocycles. The summed E-state index contributed by atoms with van der Waals surface area (Å²) in [5.74, 6) is 2.29. The van der Waals surface area contributed by atoms with E-state index in [1.807, 2.05) is 24.3 Å². The number of carbonyl (C=O) groups is 1. The van der Waals surface area contributed by atoms with Crippen LogP contribution in [0.15, 0.2) is 47.0 Å². The number of rotatable bonds is 10. The lowest BCUT2D eigenvalue weighted by molar-refractivity contribution is -0.127. The molecule has 10 nitrogen and oxygen atoms in total. The van der Waals surface area contributed by atoms with Crippen molar-refractivity contribution in [1.82, 2.24) is 25.3 Å². The number of aromatic nitrogens is 2. The lowest BCUT2D eigenvalue weighted by Gasteiger charge is -2.31. The molecule has 5 rings (SSSR count). The second-order valence-electron chi connectivity index (χ2n) is 10.0. The van der Waals surface area contributed by atoms with Gasteiger partial charge in [0.05, 0.1) is 39.9 Å². The SMILES string of the molecule is COc1ccc(-c2noc(CN3CCCC(C(=O)NCc4ccccc4CN4CCOCC4)C3)n2)cc1OC. The van der Waals surface area contributed by atoms with Crippen molar-refractivity contribution < 1.29 is 23.5 Å². The van der Waals surface area contributed by atoms with Gasteiger partial charge in [0, 0.05) is 38.3 Å². The van der Waals surface area contributed by atoms with Crippen LogP contribution in [-0.4, -0.2) is 79.5 Å². The molecule has 3 aromatic rings. The molecule has 2 aliphatic heterocycles. The summed E-state index contributed by atoms with van der Waals surface area (Å²) in [6, 6.07) is 13.9. The predicted molar refractivity (Wildman–Crippen MR) is 145 cm³/mol. The van der Waals surface area contributed by atoms with Crippen LogP contribution in [0, 0.1) is 5.92 Å². The summed E-state index contributed by atoms with van der Waals surface area (Å²) in [4.78, 5) is 22.3. The number of amides is 1. The lowest BCUT2D eigenvalue weighted by atomic mass is 9.97. The molecule has 3 heterocycles. The van der Waals surface area contributed by atoms with E-state index >= 15 is 0 Å². The second kappa shape index (κ2) is 13.1. The highest BCUT2D eigenvalue weighted by atomic mass is 16.5. The van der Waals surface area contributed by atoms with Gasteiger partial charge in [-0.25, -0.2) is 0 Å². The highest BCUT2D eigenvalue weighted by Gasteiger charge is 2.27. The largest absolute Gasteiger partial charge is 0.493 e. The first-order valence-electron chi connectivity index (χ1n) is 13.5. The minimum Gasteiger partial charge on any atom is -0.493 e. The monoisotopic (exact) mass is 535 g/mol. The zero-order valence-electron chi connectivity index (χ0n) is 22.7. The lowest BCUT2D eigenvalue weighted by Crippen LogP contribution is -2.42. The standard InChI is InChI=1S/C29H37N5O5/c1-36-25-10-9-21(16-26(25)37-2)28-31-27(39-32-28)20-34-11-5-8-24(19-34)29(35)30-17-22-6-3-4-7-23(22)18-33-12-14-38-15-13-33/h3-4,6-7,9-10,16,24H,5,8,11-15,17-20H2,1-2H3,(H,30,35). The summed E-state index contributed by atoms with van der Waals surface area (Å²) < 4.78 is 21.7. The van der Waals surface area contributed by atoms with Crippen molar-refractivity contribution in [2.75, 3.05) is 53.6 Å². The van der Waals surface area contributed by atoms with Crippen molar-refractivity contribution in [2.24, 2.45) is 5.92 Å². The van der Waals surface area contributed by atoms with Gasteiger partial charge in [-0.05, 0) is 48.7 Å². The molecule has 0 aliphatic carbocycles. The number of nitrogens with one attached hydrogen (secondary N) is 1. The molecule has 0 spiro atoms. The maximum atomic E-state index is 13.1. The van der Waals surface area contributed by atoms with Gasteiger partial charge in [-0.2, -0.15) is 4.98 Å². The summed E-state index contributed by atoms with van der Waals surface area (Å²) in [7, 11) is 3.19. The molecule has 1 N–H and O–H groups in total. The van der Waals surface area contributed by atoms with Gasteiger partial charge in [-0.3, -0.25) is 14.6 Å². The average molecular weight is 536 g/mol. The summed E-state index contributed by atoms with van der Waals surface area (Å²) in [5.41, 5.74) is 3.21. The minimum atomic E-state index is -0.0709. The van der Waals surface area contributed by atoms with Gasteiger partial charge in [-0.15, -0.1) is 0 Å². The molecule has 2 aromatic carbocycles. The highest BCUT2D eigenvalue weighted by Crippen LogP contribution is 2.31. The van der Waals surface area contributed by atoms with Crippen LogP contribution in [0.2, 0.25) is 0 Å². The van der Waals surface area contributed by atoms with E-state index in [1.165, 1.54) is 11.1 Å². The van der Waals surface area contributed by atoms with Gasteiger partial charge in [0.1, 0.15) is 0 Å². The van der Waals surface area contributed by atoms with Gasteiger partial charge in [0.2, 0.25) is 17.6 Å². The van der Waals surface area contributed by atoms with Crippen LogP contribution >= 0.6 is 0 Å². The van der Waals surface area contributed by atoms with Crippen molar-refractivity contribution in [3.63, 3.8) is 0 Å². The number of morpholine rings is 1. The number of nitrogens with zero attached hydrogens (tertiary/aromatic N) is 4. The molecule has 0 saturated carbocycles. The molecule has 1 atom stereocenters. The van der Waals surface area contributed by atoms with E-state index in [0.29, 0.717) is 42.8 Å². The fraction of sp³-hybridized carbons (Fsp3) is 0.483. The maximum Gasteiger partial charge on any atom is 0.241 e. The van der Waals surface area contributed by atoms with E-state index in [9.17, 15) is 4.79 Å². The van der Waals surface area contributed by atoms with Crippen LogP contribution in [0.4, 0.5) is 0 Å². The molecule has 2 aliphatic rings. The molecule has 208 valence electrons. The molecule has 0 radical (unpaired) electrons. The van der Waals surface area contributed by atoms with Gasteiger partial charge in [-0.1, -0.05) is 29.4 Å². The van der Waals surface area contributed by atoms with Crippen molar-refractivity contribution in [3.8, 4) is 22.9 Å². The molecular weight excluding hydrogens is 498 g/mol. The van der Waals surface area contributed by atoms with Gasteiger partial charge >= 0.3 is 0 Å². The van der Waals surface area contributed by atoms with Crippen molar-refractivity contribution in [3.05, 3.63) is 59.5 Å². The van der Waals surface area contributed by atoms with Crippen LogP contribution in [0.25, 0.3) is 11.4 Å². The Bertz CT molecular complexity index is 1240. The molecule has 10 heteroatoms. The molecule has 0 bridgehead atoms. The Morgan fingerprint density at radius 3 is 2.59 bits per heavy atom. The minimum absolute atomic E-state index is 0.0709. The number of likely N-dealkylation sites (tertiary alicyclic amines) is 1. The summed E-state index contributed by atoms with van der Waals surface area (Å²) >= 11 is 0. The average Bonchev–Trinajstić information content (AvgIpc) is 3.45. The molecule has 1 amide bonds. The Balaban J connectivity index is 1.15. The van der Waals surface area contributed by atoms with Crippen LogP contribution in [0.5, 0.6) is 11.5 Å². The highest BCUT2D eigenvalue weighted by molar-refractivity contribution is 5.79. The molecular formula is C29H37N5O5. The number of benzene rings is 2. The van der Waals surface area contributed by atoms with Gasteiger partial charge < -0.3 is 24.1 Å². The van der Waals surface area contributed by atoms with E-state index in [2.05, 4.69) is 43.5 Å². The zero-order chi connectivity index (χ0) is 27.0. The quantitative estimate of drug-likeness (QED) is 0.420. The van der Waals surface area contributed by atoms with Gasteiger partial charge in [0.15, 0.2) is 11.5 Å². The Labute approximate surface area is 229 Å². The second-order valence-corrected chi connectivity index (χ2v) is 10.0. The van der Waals surface area contributed by atoms with Crippen LogP contribution in [0.3, 0.4) is 0 Å². The van der Waals surface area contributed by atoms with E-state index in [-0.39, 0.29) is 11.8 Å². The zero-order valence-corrected chi connectivity index (χ0v) is 22.7. The van der Waals surface area contributed by atoms with Crippen LogP contribution in [-0.2, 0) is 29.2 Å². The number of hydrogen-bond donors (Lipinski definition) is 1. The van der Waals surface area contributed by atoms with Crippen molar-refractivity contribution >= 4 is 5.91 Å². The summed E-state index contributed by atoms with van der Waals surface area (Å²) in [6.45, 7) is 6.90. The van der Waals surface area contributed by atoms with Crippen LogP contribution in [0.1, 0.15) is 29.9 Å². The summed E-state index contributed by atoms with van der Waals surface area (Å²) in [5, 5.41) is 7.35. The Morgan fingerprint density at radius 1 is 1.00 bits per heavy atom. The number of ether oxygens (including phenoxy) is 3. The number of carbonyl (C=O) groups excluding carboxylic acids is 1. The van der Waals surface area contributed by atoms with Crippen molar-refractivity contribution in [2.45, 2.75) is 32.5 Å². The third kappa shape index (κ3) is 6.95. The first-order chi connectivity index (χ1) is 19.1. The molecule has 2 fully saturated rings. The molecule has 1 unspecified atom stereocenters. The Morgan fingerprint density at radius 2 is 1.79 bits per heavy atom. The van der Waals surface area contributed by atoms with E-state index in [0.717, 1.165) is 57.8 Å². The fourth-order valence-electron chi connectivity index (χ4n) is 5.23. The molecule has 1 aromatic heterocycles. The van der Waals surface area contributed by atoms with Gasteiger partial charge in [0.25, 0.3) is 0 Å². The van der Waals surface area contributed by atoms with Crippen LogP contribution < -0.4 is 14.8 Å². The summed E-state index contributed by atoms with van der Waals surface area (Å²) in [6.07, 6.45) is 1.82.